The van der Waals surface area contributed by atoms with E-state index in [1.165, 1.54) is 0 Å². The SMILES string of the molecule is CC1(C)OCC([C@H]2O[C@@H]3OC(C)(C)OC3[C@@H]2OCCOCCN)O1. The summed E-state index contributed by atoms with van der Waals surface area (Å²) in [5.41, 5.74) is 5.41. The maximum Gasteiger partial charge on any atom is 0.190 e. The predicted molar refractivity (Wildman–Crippen MR) is 83.2 cm³/mol. The zero-order valence-corrected chi connectivity index (χ0v) is 14.9. The molecule has 3 rings (SSSR count). The van der Waals surface area contributed by atoms with E-state index >= 15 is 0 Å². The van der Waals surface area contributed by atoms with Gasteiger partial charge in [-0.15, -0.1) is 0 Å². The van der Waals surface area contributed by atoms with Crippen LogP contribution in [0.15, 0.2) is 0 Å². The van der Waals surface area contributed by atoms with Gasteiger partial charge in [-0.05, 0) is 27.7 Å². The molecule has 0 aromatic rings. The molecule has 3 aliphatic rings. The Morgan fingerprint density at radius 1 is 0.958 bits per heavy atom. The van der Waals surface area contributed by atoms with Gasteiger partial charge in [-0.1, -0.05) is 0 Å². The van der Waals surface area contributed by atoms with Crippen molar-refractivity contribution in [1.29, 1.82) is 0 Å². The Kier molecular flexibility index (Phi) is 5.48. The van der Waals surface area contributed by atoms with Gasteiger partial charge < -0.3 is 38.9 Å². The Balaban J connectivity index is 1.62. The van der Waals surface area contributed by atoms with E-state index in [1.807, 2.05) is 27.7 Å². The quantitative estimate of drug-likeness (QED) is 0.661. The summed E-state index contributed by atoms with van der Waals surface area (Å²) in [4.78, 5) is 0. The van der Waals surface area contributed by atoms with Crippen LogP contribution in [0.5, 0.6) is 0 Å². The first-order valence-corrected chi connectivity index (χ1v) is 8.54. The predicted octanol–water partition coefficient (Wildman–Crippen LogP) is 0.375. The summed E-state index contributed by atoms with van der Waals surface area (Å²) in [7, 11) is 0. The Morgan fingerprint density at radius 2 is 1.75 bits per heavy atom. The molecular formula is C16H29NO7. The molecule has 3 saturated heterocycles. The number of hydrogen-bond donors (Lipinski definition) is 1. The molecule has 0 bridgehead atoms. The summed E-state index contributed by atoms with van der Waals surface area (Å²) < 4.78 is 40.8. The first-order chi connectivity index (χ1) is 11.3. The van der Waals surface area contributed by atoms with Crippen molar-refractivity contribution in [2.75, 3.05) is 33.0 Å². The molecule has 0 saturated carbocycles. The highest BCUT2D eigenvalue weighted by Gasteiger charge is 2.58. The molecule has 0 radical (unpaired) electrons. The van der Waals surface area contributed by atoms with Crippen molar-refractivity contribution in [3.8, 4) is 0 Å². The average molecular weight is 347 g/mol. The smallest absolute Gasteiger partial charge is 0.190 e. The third-order valence-corrected chi connectivity index (χ3v) is 4.22. The minimum Gasteiger partial charge on any atom is -0.378 e. The molecule has 3 heterocycles. The number of fused-ring (bicyclic) bond motifs is 1. The minimum atomic E-state index is -0.690. The zero-order valence-electron chi connectivity index (χ0n) is 14.9. The molecule has 140 valence electrons. The number of ether oxygens (including phenoxy) is 7. The van der Waals surface area contributed by atoms with E-state index in [0.717, 1.165) is 0 Å². The summed E-state index contributed by atoms with van der Waals surface area (Å²) in [5.74, 6) is -1.31. The molecule has 0 aliphatic carbocycles. The van der Waals surface area contributed by atoms with E-state index in [0.29, 0.717) is 33.0 Å². The van der Waals surface area contributed by atoms with Gasteiger partial charge in [0.05, 0.1) is 26.4 Å². The normalized spacial score (nSPS) is 40.1. The number of hydrogen-bond acceptors (Lipinski definition) is 8. The van der Waals surface area contributed by atoms with Gasteiger partial charge in [-0.2, -0.15) is 0 Å². The topological polar surface area (TPSA) is 90.6 Å². The number of rotatable bonds is 7. The highest BCUT2D eigenvalue weighted by molar-refractivity contribution is 4.98. The van der Waals surface area contributed by atoms with Crippen LogP contribution in [0, 0.1) is 0 Å². The molecule has 8 nitrogen and oxygen atoms in total. The van der Waals surface area contributed by atoms with Gasteiger partial charge >= 0.3 is 0 Å². The molecular weight excluding hydrogens is 318 g/mol. The van der Waals surface area contributed by atoms with Crippen LogP contribution in [0.4, 0.5) is 0 Å². The van der Waals surface area contributed by atoms with Crippen LogP contribution in [-0.4, -0.2) is 75.3 Å². The van der Waals surface area contributed by atoms with Crippen molar-refractivity contribution in [3.63, 3.8) is 0 Å². The maximum atomic E-state index is 6.05. The van der Waals surface area contributed by atoms with E-state index < -0.39 is 17.9 Å². The average Bonchev–Trinajstić information content (AvgIpc) is 3.09. The van der Waals surface area contributed by atoms with Gasteiger partial charge in [-0.25, -0.2) is 0 Å². The van der Waals surface area contributed by atoms with Crippen LogP contribution >= 0.6 is 0 Å². The van der Waals surface area contributed by atoms with E-state index in [1.54, 1.807) is 0 Å². The fraction of sp³-hybridized carbons (Fsp3) is 1.00. The summed E-state index contributed by atoms with van der Waals surface area (Å²) >= 11 is 0. The van der Waals surface area contributed by atoms with E-state index in [4.69, 9.17) is 38.9 Å². The minimum absolute atomic E-state index is 0.226. The van der Waals surface area contributed by atoms with Crippen LogP contribution in [0.2, 0.25) is 0 Å². The molecule has 2 unspecified atom stereocenters. The molecule has 0 amide bonds. The lowest BCUT2D eigenvalue weighted by Crippen LogP contribution is -2.44. The molecule has 0 spiro atoms. The Bertz CT molecular complexity index is 431. The van der Waals surface area contributed by atoms with Gasteiger partial charge in [0, 0.05) is 6.54 Å². The van der Waals surface area contributed by atoms with Crippen LogP contribution < -0.4 is 5.73 Å². The summed E-state index contributed by atoms with van der Waals surface area (Å²) in [6.07, 6.45) is -1.61. The largest absolute Gasteiger partial charge is 0.378 e. The van der Waals surface area contributed by atoms with Crippen LogP contribution in [0.1, 0.15) is 27.7 Å². The molecule has 5 atom stereocenters. The molecule has 24 heavy (non-hydrogen) atoms. The third-order valence-electron chi connectivity index (χ3n) is 4.22. The molecule has 0 aromatic heterocycles. The second-order valence-corrected chi connectivity index (χ2v) is 7.17. The lowest BCUT2D eigenvalue weighted by Gasteiger charge is -2.29. The first kappa shape index (κ1) is 18.5. The Hall–Kier alpha value is -0.320. The zero-order chi connectivity index (χ0) is 17.4. The highest BCUT2D eigenvalue weighted by atomic mass is 16.8. The molecule has 0 aromatic carbocycles. The van der Waals surface area contributed by atoms with Crippen molar-refractivity contribution in [3.05, 3.63) is 0 Å². The van der Waals surface area contributed by atoms with Crippen molar-refractivity contribution >= 4 is 0 Å². The van der Waals surface area contributed by atoms with Crippen molar-refractivity contribution in [2.24, 2.45) is 5.73 Å². The fourth-order valence-electron chi connectivity index (χ4n) is 3.30. The van der Waals surface area contributed by atoms with Crippen LogP contribution in [0.25, 0.3) is 0 Å². The number of nitrogens with two attached hydrogens (primary N) is 1. The Labute approximate surface area is 142 Å². The monoisotopic (exact) mass is 347 g/mol. The van der Waals surface area contributed by atoms with E-state index in [-0.39, 0.29) is 24.4 Å². The van der Waals surface area contributed by atoms with Crippen LogP contribution in [-0.2, 0) is 33.2 Å². The van der Waals surface area contributed by atoms with E-state index in [9.17, 15) is 0 Å². The first-order valence-electron chi connectivity index (χ1n) is 8.54. The van der Waals surface area contributed by atoms with Crippen molar-refractivity contribution < 1.29 is 33.2 Å². The molecule has 8 heteroatoms. The second kappa shape index (κ2) is 7.13. The van der Waals surface area contributed by atoms with Crippen LogP contribution in [0.3, 0.4) is 0 Å². The Morgan fingerprint density at radius 3 is 2.42 bits per heavy atom. The lowest BCUT2D eigenvalue weighted by molar-refractivity contribution is -0.236. The van der Waals surface area contributed by atoms with Gasteiger partial charge in [0.15, 0.2) is 17.9 Å². The van der Waals surface area contributed by atoms with Gasteiger partial charge in [-0.3, -0.25) is 0 Å². The summed E-state index contributed by atoms with van der Waals surface area (Å²) in [6.45, 7) is 9.85. The summed E-state index contributed by atoms with van der Waals surface area (Å²) in [6, 6.07) is 0. The second-order valence-electron chi connectivity index (χ2n) is 7.17. The van der Waals surface area contributed by atoms with Gasteiger partial charge in [0.1, 0.15) is 24.4 Å². The van der Waals surface area contributed by atoms with Crippen molar-refractivity contribution in [2.45, 2.75) is 70.0 Å². The summed E-state index contributed by atoms with van der Waals surface area (Å²) in [5, 5.41) is 0. The third kappa shape index (κ3) is 4.08. The molecule has 3 fully saturated rings. The highest BCUT2D eigenvalue weighted by Crippen LogP contribution is 2.41. The van der Waals surface area contributed by atoms with Crippen molar-refractivity contribution in [1.82, 2.24) is 0 Å². The molecule has 3 aliphatic heterocycles. The molecule has 2 N–H and O–H groups in total. The maximum absolute atomic E-state index is 6.05. The van der Waals surface area contributed by atoms with Gasteiger partial charge in [0.2, 0.25) is 0 Å². The van der Waals surface area contributed by atoms with E-state index in [2.05, 4.69) is 0 Å². The standard InChI is InChI=1S/C16H29NO7/c1-15(2)20-9-10(22-15)11-12(19-8-7-18-6-5-17)13-14(21-11)24-16(3,4)23-13/h10-14H,5-9,17H2,1-4H3/t10?,11-,12-,13?,14-/m1/s1. The van der Waals surface area contributed by atoms with Gasteiger partial charge in [0.25, 0.3) is 0 Å². The fourth-order valence-corrected chi connectivity index (χ4v) is 3.30. The lowest BCUT2D eigenvalue weighted by atomic mass is 10.1.